The quantitative estimate of drug-likeness (QED) is 0.365. The Morgan fingerprint density at radius 2 is 1.84 bits per heavy atom. The predicted octanol–water partition coefficient (Wildman–Crippen LogP) is 5.71. The molecule has 0 N–H and O–H groups in total. The van der Waals surface area contributed by atoms with Crippen LogP contribution in [0.4, 0.5) is 0 Å². The maximum atomic E-state index is 11.4. The average Bonchev–Trinajstić information content (AvgIpc) is 2.28. The third kappa shape index (κ3) is 11.9. The van der Waals surface area contributed by atoms with Crippen molar-refractivity contribution in [2.45, 2.75) is 73.1 Å². The smallest absolute Gasteiger partial charge is 0.155 e. The lowest BCUT2D eigenvalue weighted by Crippen LogP contribution is -1.95. The van der Waals surface area contributed by atoms with E-state index in [0.717, 1.165) is 30.3 Å². The van der Waals surface area contributed by atoms with Crippen LogP contribution in [0.5, 0.6) is 0 Å². The monoisotopic (exact) mass is 264 g/mol. The van der Waals surface area contributed by atoms with E-state index in [1.807, 2.05) is 13.8 Å². The molecule has 0 heterocycles. The van der Waals surface area contributed by atoms with Crippen molar-refractivity contribution < 1.29 is 4.79 Å². The second-order valence-electron chi connectivity index (χ2n) is 6.17. The van der Waals surface area contributed by atoms with Crippen LogP contribution in [0, 0.1) is 11.8 Å². The Kier molecular flexibility index (Phi) is 10.5. The first-order chi connectivity index (χ1) is 8.95. The van der Waals surface area contributed by atoms with Crippen LogP contribution in [0.3, 0.4) is 0 Å². The highest BCUT2D eigenvalue weighted by Gasteiger charge is 2.01. The molecule has 110 valence electrons. The van der Waals surface area contributed by atoms with Gasteiger partial charge in [-0.25, -0.2) is 0 Å². The molecule has 1 nitrogen and oxygen atoms in total. The van der Waals surface area contributed by atoms with Crippen LogP contribution in [0.1, 0.15) is 73.1 Å². The fourth-order valence-corrected chi connectivity index (χ4v) is 2.10. The summed E-state index contributed by atoms with van der Waals surface area (Å²) < 4.78 is 0. The van der Waals surface area contributed by atoms with Crippen molar-refractivity contribution >= 4 is 5.78 Å². The van der Waals surface area contributed by atoms with Gasteiger partial charge in [-0.2, -0.15) is 0 Å². The molecule has 0 saturated heterocycles. The molecule has 0 aromatic heterocycles. The maximum absolute atomic E-state index is 11.4. The van der Waals surface area contributed by atoms with E-state index in [4.69, 9.17) is 0 Å². The van der Waals surface area contributed by atoms with E-state index >= 15 is 0 Å². The summed E-state index contributed by atoms with van der Waals surface area (Å²) in [5.41, 5.74) is 1.08. The molecule has 0 fully saturated rings. The topological polar surface area (TPSA) is 17.1 Å². The van der Waals surface area contributed by atoms with Gasteiger partial charge in [0, 0.05) is 6.42 Å². The molecular weight excluding hydrogens is 232 g/mol. The highest BCUT2D eigenvalue weighted by atomic mass is 16.1. The fraction of sp³-hybridized carbons (Fsp3) is 0.722. The third-order valence-electron chi connectivity index (χ3n) is 3.28. The van der Waals surface area contributed by atoms with Crippen LogP contribution in [0.25, 0.3) is 0 Å². The van der Waals surface area contributed by atoms with Gasteiger partial charge in [0.2, 0.25) is 0 Å². The number of carbonyl (C=O) groups excluding carboxylic acids is 1. The highest BCUT2D eigenvalue weighted by Crippen LogP contribution is 2.15. The van der Waals surface area contributed by atoms with E-state index in [-0.39, 0.29) is 5.78 Å². The van der Waals surface area contributed by atoms with Gasteiger partial charge in [-0.3, -0.25) is 4.79 Å². The number of hydrogen-bond donors (Lipinski definition) is 0. The van der Waals surface area contributed by atoms with Gasteiger partial charge in [0.25, 0.3) is 0 Å². The van der Waals surface area contributed by atoms with Crippen molar-refractivity contribution in [3.05, 3.63) is 23.8 Å². The SMILES string of the molecule is CCCC(=O)/C=C(C)/C=C/CC(C)CCCC(C)C. The Labute approximate surface area is 120 Å². The van der Waals surface area contributed by atoms with Crippen molar-refractivity contribution in [2.24, 2.45) is 11.8 Å². The van der Waals surface area contributed by atoms with Crippen molar-refractivity contribution in [1.29, 1.82) is 0 Å². The Balaban J connectivity index is 3.90. The second-order valence-corrected chi connectivity index (χ2v) is 6.17. The van der Waals surface area contributed by atoms with Gasteiger partial charge in [-0.05, 0) is 43.3 Å². The molecular formula is C18H32O. The van der Waals surface area contributed by atoms with Crippen LogP contribution >= 0.6 is 0 Å². The van der Waals surface area contributed by atoms with E-state index in [0.29, 0.717) is 6.42 Å². The molecule has 0 spiro atoms. The Morgan fingerprint density at radius 3 is 2.42 bits per heavy atom. The molecule has 1 atom stereocenters. The maximum Gasteiger partial charge on any atom is 0.155 e. The largest absolute Gasteiger partial charge is 0.295 e. The van der Waals surface area contributed by atoms with Crippen molar-refractivity contribution in [3.8, 4) is 0 Å². The lowest BCUT2D eigenvalue weighted by atomic mass is 9.97. The van der Waals surface area contributed by atoms with Crippen molar-refractivity contribution in [1.82, 2.24) is 0 Å². The number of rotatable bonds is 10. The zero-order chi connectivity index (χ0) is 14.7. The van der Waals surface area contributed by atoms with E-state index in [2.05, 4.69) is 32.9 Å². The molecule has 0 radical (unpaired) electrons. The van der Waals surface area contributed by atoms with E-state index in [1.54, 1.807) is 6.08 Å². The summed E-state index contributed by atoms with van der Waals surface area (Å²) in [6.45, 7) is 10.9. The summed E-state index contributed by atoms with van der Waals surface area (Å²) in [4.78, 5) is 11.4. The molecule has 0 aliphatic carbocycles. The first kappa shape index (κ1) is 18.1. The van der Waals surface area contributed by atoms with Gasteiger partial charge in [0.1, 0.15) is 0 Å². The van der Waals surface area contributed by atoms with Crippen LogP contribution in [0.2, 0.25) is 0 Å². The normalized spacial score (nSPS) is 14.3. The van der Waals surface area contributed by atoms with E-state index in [9.17, 15) is 4.79 Å². The van der Waals surface area contributed by atoms with Crippen LogP contribution in [0.15, 0.2) is 23.8 Å². The predicted molar refractivity (Wildman–Crippen MR) is 85.3 cm³/mol. The van der Waals surface area contributed by atoms with Gasteiger partial charge in [0.05, 0.1) is 0 Å². The van der Waals surface area contributed by atoms with E-state index < -0.39 is 0 Å². The number of ketones is 1. The molecule has 0 aromatic rings. The molecule has 0 aliphatic rings. The summed E-state index contributed by atoms with van der Waals surface area (Å²) >= 11 is 0. The number of carbonyl (C=O) groups is 1. The van der Waals surface area contributed by atoms with Crippen LogP contribution in [-0.2, 0) is 4.79 Å². The van der Waals surface area contributed by atoms with Gasteiger partial charge < -0.3 is 0 Å². The first-order valence-corrected chi connectivity index (χ1v) is 7.83. The summed E-state index contributed by atoms with van der Waals surface area (Å²) in [6, 6.07) is 0. The Hall–Kier alpha value is -0.850. The minimum Gasteiger partial charge on any atom is -0.295 e. The molecule has 1 heteroatoms. The molecule has 19 heavy (non-hydrogen) atoms. The molecule has 1 unspecified atom stereocenters. The summed E-state index contributed by atoms with van der Waals surface area (Å²) in [7, 11) is 0. The Morgan fingerprint density at radius 1 is 1.16 bits per heavy atom. The van der Waals surface area contributed by atoms with Gasteiger partial charge in [-0.15, -0.1) is 0 Å². The summed E-state index contributed by atoms with van der Waals surface area (Å²) in [5.74, 6) is 1.81. The minimum atomic E-state index is 0.245. The van der Waals surface area contributed by atoms with Gasteiger partial charge in [-0.1, -0.05) is 59.1 Å². The molecule has 0 saturated carbocycles. The average molecular weight is 264 g/mol. The molecule has 0 aliphatic heterocycles. The standard InChI is InChI=1S/C18H32O/c1-6-9-18(19)14-17(5)13-8-12-16(4)11-7-10-15(2)3/h8,13-16H,6-7,9-12H2,1-5H3/b13-8+,17-14+. The van der Waals surface area contributed by atoms with E-state index in [1.165, 1.54) is 19.3 Å². The first-order valence-electron chi connectivity index (χ1n) is 7.83. The van der Waals surface area contributed by atoms with Crippen molar-refractivity contribution in [3.63, 3.8) is 0 Å². The zero-order valence-corrected chi connectivity index (χ0v) is 13.5. The number of allylic oxidation sites excluding steroid dienone is 4. The number of hydrogen-bond acceptors (Lipinski definition) is 1. The van der Waals surface area contributed by atoms with Gasteiger partial charge >= 0.3 is 0 Å². The third-order valence-corrected chi connectivity index (χ3v) is 3.28. The fourth-order valence-electron chi connectivity index (χ4n) is 2.10. The molecule has 0 amide bonds. The lowest BCUT2D eigenvalue weighted by molar-refractivity contribution is -0.114. The van der Waals surface area contributed by atoms with Crippen molar-refractivity contribution in [2.75, 3.05) is 0 Å². The molecule has 0 rings (SSSR count). The molecule has 0 aromatic carbocycles. The Bertz CT molecular complexity index is 297. The summed E-state index contributed by atoms with van der Waals surface area (Å²) in [5, 5.41) is 0. The summed E-state index contributed by atoms with van der Waals surface area (Å²) in [6.07, 6.45) is 12.7. The second kappa shape index (κ2) is 11.0. The zero-order valence-electron chi connectivity index (χ0n) is 13.5. The van der Waals surface area contributed by atoms with Crippen LogP contribution in [-0.4, -0.2) is 5.78 Å². The minimum absolute atomic E-state index is 0.245. The van der Waals surface area contributed by atoms with Crippen LogP contribution < -0.4 is 0 Å². The lowest BCUT2D eigenvalue weighted by Gasteiger charge is -2.09. The van der Waals surface area contributed by atoms with Gasteiger partial charge in [0.15, 0.2) is 5.78 Å². The highest BCUT2D eigenvalue weighted by molar-refractivity contribution is 5.90. The molecule has 0 bridgehead atoms.